The first-order valence-corrected chi connectivity index (χ1v) is 8.47. The molecule has 2 aromatic heterocycles. The Kier molecular flexibility index (Phi) is 5.56. The van der Waals surface area contributed by atoms with E-state index < -0.39 is 5.82 Å². The molecule has 27 heavy (non-hydrogen) atoms. The standard InChI is InChI=1S/C19H21FN4O3/c1-24-18(13-8-16(26)19(21)22-9-13)12(10-23-24)3-2-6-27-17-5-4-15(20)7-14(17)11-25/h4-5,7-10,25-26H,2-3,6,11H2,1H3,(H2,21,22). The minimum absolute atomic E-state index is 0.0733. The molecule has 0 unspecified atom stereocenters. The van der Waals surface area contributed by atoms with Crippen LogP contribution in [0.5, 0.6) is 11.5 Å². The quantitative estimate of drug-likeness (QED) is 0.550. The van der Waals surface area contributed by atoms with Crippen molar-refractivity contribution in [2.75, 3.05) is 12.3 Å². The molecule has 142 valence electrons. The second kappa shape index (κ2) is 8.05. The molecule has 3 aromatic rings. The van der Waals surface area contributed by atoms with E-state index in [1.807, 2.05) is 7.05 Å². The first-order valence-electron chi connectivity index (χ1n) is 8.47. The number of hydrogen-bond donors (Lipinski definition) is 3. The number of aromatic nitrogens is 3. The molecular formula is C19H21FN4O3. The van der Waals surface area contributed by atoms with Gasteiger partial charge in [0.15, 0.2) is 11.6 Å². The Morgan fingerprint density at radius 3 is 2.78 bits per heavy atom. The zero-order valence-electron chi connectivity index (χ0n) is 14.9. The van der Waals surface area contributed by atoms with Crippen molar-refractivity contribution in [3.8, 4) is 22.8 Å². The summed E-state index contributed by atoms with van der Waals surface area (Å²) < 4.78 is 20.6. The molecule has 0 aliphatic carbocycles. The van der Waals surface area contributed by atoms with Crippen LogP contribution in [0.4, 0.5) is 10.2 Å². The molecule has 7 nitrogen and oxygen atoms in total. The number of anilines is 1. The molecule has 4 N–H and O–H groups in total. The number of pyridine rings is 1. The van der Waals surface area contributed by atoms with E-state index in [-0.39, 0.29) is 18.2 Å². The van der Waals surface area contributed by atoms with E-state index >= 15 is 0 Å². The number of benzene rings is 1. The molecule has 3 rings (SSSR count). The number of nitrogen functional groups attached to an aromatic ring is 1. The van der Waals surface area contributed by atoms with Crippen molar-refractivity contribution in [3.63, 3.8) is 0 Å². The predicted molar refractivity (Wildman–Crippen MR) is 98.7 cm³/mol. The summed E-state index contributed by atoms with van der Waals surface area (Å²) in [4.78, 5) is 3.99. The lowest BCUT2D eigenvalue weighted by molar-refractivity contribution is 0.260. The molecule has 1 aromatic carbocycles. The fourth-order valence-electron chi connectivity index (χ4n) is 2.89. The molecule has 0 radical (unpaired) electrons. The largest absolute Gasteiger partial charge is 0.504 e. The summed E-state index contributed by atoms with van der Waals surface area (Å²) in [5, 5.41) is 23.4. The molecule has 0 saturated carbocycles. The van der Waals surface area contributed by atoms with Crippen molar-refractivity contribution in [2.45, 2.75) is 19.4 Å². The minimum Gasteiger partial charge on any atom is -0.504 e. The van der Waals surface area contributed by atoms with Gasteiger partial charge in [0.25, 0.3) is 0 Å². The summed E-state index contributed by atoms with van der Waals surface area (Å²) >= 11 is 0. The van der Waals surface area contributed by atoms with Crippen LogP contribution in [-0.2, 0) is 20.1 Å². The van der Waals surface area contributed by atoms with Crippen LogP contribution in [-0.4, -0.2) is 31.6 Å². The lowest BCUT2D eigenvalue weighted by atomic mass is 10.1. The van der Waals surface area contributed by atoms with Gasteiger partial charge in [0.1, 0.15) is 11.6 Å². The van der Waals surface area contributed by atoms with E-state index in [2.05, 4.69) is 10.1 Å². The van der Waals surface area contributed by atoms with Gasteiger partial charge in [-0.25, -0.2) is 9.37 Å². The number of ether oxygens (including phenoxy) is 1. The number of nitrogens with two attached hydrogens (primary N) is 1. The third-order valence-electron chi connectivity index (χ3n) is 4.23. The van der Waals surface area contributed by atoms with E-state index in [0.717, 1.165) is 16.8 Å². The highest BCUT2D eigenvalue weighted by Crippen LogP contribution is 2.29. The van der Waals surface area contributed by atoms with Crippen molar-refractivity contribution >= 4 is 5.82 Å². The molecule has 0 aliphatic heterocycles. The maximum atomic E-state index is 13.2. The van der Waals surface area contributed by atoms with Crippen molar-refractivity contribution in [1.29, 1.82) is 0 Å². The SMILES string of the molecule is Cn1ncc(CCCOc2ccc(F)cc2CO)c1-c1cnc(N)c(O)c1. The normalized spacial score (nSPS) is 10.9. The highest BCUT2D eigenvalue weighted by atomic mass is 19.1. The molecule has 0 saturated heterocycles. The summed E-state index contributed by atoms with van der Waals surface area (Å²) in [5.74, 6) is 0.0652. The van der Waals surface area contributed by atoms with Gasteiger partial charge in [0.05, 0.1) is 25.1 Å². The maximum absolute atomic E-state index is 13.2. The number of hydrogen-bond acceptors (Lipinski definition) is 6. The molecule has 0 fully saturated rings. The Balaban J connectivity index is 1.66. The van der Waals surface area contributed by atoms with Gasteiger partial charge < -0.3 is 20.7 Å². The summed E-state index contributed by atoms with van der Waals surface area (Å²) in [6.45, 7) is 0.117. The average Bonchev–Trinajstić information content (AvgIpc) is 3.02. The zero-order valence-corrected chi connectivity index (χ0v) is 14.9. The Labute approximate surface area is 155 Å². The van der Waals surface area contributed by atoms with Crippen LogP contribution in [0.15, 0.2) is 36.7 Å². The van der Waals surface area contributed by atoms with Gasteiger partial charge in [0, 0.05) is 24.4 Å². The summed E-state index contributed by atoms with van der Waals surface area (Å²) in [5.41, 5.74) is 8.52. The molecule has 0 spiro atoms. The molecular weight excluding hydrogens is 351 g/mol. The van der Waals surface area contributed by atoms with Crippen LogP contribution >= 0.6 is 0 Å². The number of aliphatic hydroxyl groups is 1. The smallest absolute Gasteiger partial charge is 0.165 e. The monoisotopic (exact) mass is 372 g/mol. The second-order valence-corrected chi connectivity index (χ2v) is 6.13. The fourth-order valence-corrected chi connectivity index (χ4v) is 2.89. The maximum Gasteiger partial charge on any atom is 0.165 e. The van der Waals surface area contributed by atoms with E-state index in [1.165, 1.54) is 18.2 Å². The summed E-state index contributed by atoms with van der Waals surface area (Å²) in [6.07, 6.45) is 4.73. The number of aromatic hydroxyl groups is 1. The Morgan fingerprint density at radius 2 is 2.04 bits per heavy atom. The number of rotatable bonds is 7. The second-order valence-electron chi connectivity index (χ2n) is 6.13. The Bertz CT molecular complexity index is 943. The lowest BCUT2D eigenvalue weighted by Crippen LogP contribution is -2.03. The number of nitrogens with zero attached hydrogens (tertiary/aromatic N) is 3. The van der Waals surface area contributed by atoms with Gasteiger partial charge in [-0.05, 0) is 42.7 Å². The third-order valence-corrected chi connectivity index (χ3v) is 4.23. The summed E-state index contributed by atoms with van der Waals surface area (Å²) in [7, 11) is 1.81. The van der Waals surface area contributed by atoms with Crippen LogP contribution in [0.25, 0.3) is 11.3 Å². The van der Waals surface area contributed by atoms with Crippen LogP contribution < -0.4 is 10.5 Å². The lowest BCUT2D eigenvalue weighted by Gasteiger charge is -2.11. The van der Waals surface area contributed by atoms with E-state index in [9.17, 15) is 14.6 Å². The van der Waals surface area contributed by atoms with Gasteiger partial charge in [-0.15, -0.1) is 0 Å². The van der Waals surface area contributed by atoms with Gasteiger partial charge >= 0.3 is 0 Å². The molecule has 0 aliphatic rings. The van der Waals surface area contributed by atoms with E-state index in [0.29, 0.717) is 30.8 Å². The number of halogens is 1. The van der Waals surface area contributed by atoms with Crippen LogP contribution in [0.1, 0.15) is 17.5 Å². The van der Waals surface area contributed by atoms with Crippen LogP contribution in [0.2, 0.25) is 0 Å². The van der Waals surface area contributed by atoms with Crippen LogP contribution in [0, 0.1) is 5.82 Å². The molecule has 0 amide bonds. The minimum atomic E-state index is -0.410. The predicted octanol–water partition coefficient (Wildman–Crippen LogP) is 2.41. The van der Waals surface area contributed by atoms with Crippen LogP contribution in [0.3, 0.4) is 0 Å². The Morgan fingerprint density at radius 1 is 1.22 bits per heavy atom. The van der Waals surface area contributed by atoms with Crippen molar-refractivity contribution in [2.24, 2.45) is 7.05 Å². The van der Waals surface area contributed by atoms with Gasteiger partial charge in [0.2, 0.25) is 0 Å². The van der Waals surface area contributed by atoms with Crippen molar-refractivity contribution in [1.82, 2.24) is 14.8 Å². The summed E-state index contributed by atoms with van der Waals surface area (Å²) in [6, 6.07) is 5.63. The fraction of sp³-hybridized carbons (Fsp3) is 0.263. The highest BCUT2D eigenvalue weighted by Gasteiger charge is 2.13. The molecule has 0 atom stereocenters. The zero-order chi connectivity index (χ0) is 19.4. The highest BCUT2D eigenvalue weighted by molar-refractivity contribution is 5.66. The van der Waals surface area contributed by atoms with Crippen molar-refractivity contribution in [3.05, 3.63) is 53.6 Å². The number of aryl methyl sites for hydroxylation is 2. The van der Waals surface area contributed by atoms with Crippen molar-refractivity contribution < 1.29 is 19.3 Å². The first-order chi connectivity index (χ1) is 13.0. The Hall–Kier alpha value is -3.13. The number of aliphatic hydroxyl groups excluding tert-OH is 1. The molecule has 8 heteroatoms. The van der Waals surface area contributed by atoms with Gasteiger partial charge in [-0.2, -0.15) is 5.10 Å². The van der Waals surface area contributed by atoms with Gasteiger partial charge in [-0.1, -0.05) is 0 Å². The average molecular weight is 372 g/mol. The third kappa shape index (κ3) is 4.17. The van der Waals surface area contributed by atoms with E-state index in [1.54, 1.807) is 23.1 Å². The molecule has 2 heterocycles. The first kappa shape index (κ1) is 18.7. The molecule has 0 bridgehead atoms. The topological polar surface area (TPSA) is 106 Å². The van der Waals surface area contributed by atoms with Gasteiger partial charge in [-0.3, -0.25) is 4.68 Å². The van der Waals surface area contributed by atoms with E-state index in [4.69, 9.17) is 10.5 Å².